The first-order valence-corrected chi connectivity index (χ1v) is 9.01. The average molecular weight is 319 g/mol. The molecule has 4 nitrogen and oxygen atoms in total. The van der Waals surface area contributed by atoms with E-state index in [1.165, 1.54) is 0 Å². The maximum absolute atomic E-state index is 12.8. The van der Waals surface area contributed by atoms with Gasteiger partial charge in [-0.05, 0) is 55.9 Å². The molecule has 1 amide bonds. The summed E-state index contributed by atoms with van der Waals surface area (Å²) in [6.07, 6.45) is 5.83. The van der Waals surface area contributed by atoms with Crippen LogP contribution >= 0.6 is 11.8 Å². The molecule has 118 valence electrons. The Morgan fingerprint density at radius 1 is 1.09 bits per heavy atom. The number of carboxylic acids is 1. The summed E-state index contributed by atoms with van der Waals surface area (Å²) in [5.41, 5.74) is 0.783. The lowest BCUT2D eigenvalue weighted by Gasteiger charge is -2.45. The highest BCUT2D eigenvalue weighted by Crippen LogP contribution is 2.49. The zero-order valence-electron chi connectivity index (χ0n) is 12.6. The van der Waals surface area contributed by atoms with Crippen molar-refractivity contribution < 1.29 is 14.7 Å². The number of carboxylic acid groups (broad SMARTS) is 1. The maximum Gasteiger partial charge on any atom is 0.307 e. The van der Waals surface area contributed by atoms with Gasteiger partial charge in [0.05, 0.1) is 17.5 Å². The number of thioether (sulfide) groups is 1. The number of amides is 1. The molecular weight excluding hydrogens is 298 g/mol. The molecule has 0 saturated heterocycles. The van der Waals surface area contributed by atoms with Gasteiger partial charge >= 0.3 is 5.97 Å². The molecule has 0 spiro atoms. The van der Waals surface area contributed by atoms with Crippen LogP contribution in [0.15, 0.2) is 29.2 Å². The summed E-state index contributed by atoms with van der Waals surface area (Å²) in [6.45, 7) is 0. The predicted octanol–water partition coefficient (Wildman–Crippen LogP) is 3.48. The molecule has 3 aliphatic carbocycles. The number of carbonyl (C=O) groups is 2. The maximum atomic E-state index is 12.8. The summed E-state index contributed by atoms with van der Waals surface area (Å²) in [5, 5.41) is 12.5. The molecule has 0 unspecified atom stereocenters. The number of anilines is 1. The lowest BCUT2D eigenvalue weighted by molar-refractivity contribution is -0.156. The number of para-hydroxylation sites is 1. The van der Waals surface area contributed by atoms with Gasteiger partial charge < -0.3 is 10.4 Å². The van der Waals surface area contributed by atoms with Crippen molar-refractivity contribution in [3.05, 3.63) is 24.3 Å². The van der Waals surface area contributed by atoms with Crippen LogP contribution in [0.5, 0.6) is 0 Å². The van der Waals surface area contributed by atoms with Crippen molar-refractivity contribution >= 4 is 29.3 Å². The molecule has 3 saturated carbocycles. The first kappa shape index (κ1) is 15.4. The van der Waals surface area contributed by atoms with E-state index in [1.54, 1.807) is 11.8 Å². The molecule has 2 bridgehead atoms. The number of aliphatic carboxylic acids is 1. The van der Waals surface area contributed by atoms with Crippen molar-refractivity contribution in [1.82, 2.24) is 0 Å². The van der Waals surface area contributed by atoms with Gasteiger partial charge in [-0.2, -0.15) is 0 Å². The van der Waals surface area contributed by atoms with E-state index in [2.05, 4.69) is 5.32 Å². The van der Waals surface area contributed by atoms with Crippen LogP contribution in [0, 0.1) is 23.7 Å². The van der Waals surface area contributed by atoms with Gasteiger partial charge in [-0.15, -0.1) is 11.8 Å². The molecule has 1 aromatic carbocycles. The Hall–Kier alpha value is -1.49. The van der Waals surface area contributed by atoms with Crippen LogP contribution in [0.2, 0.25) is 0 Å². The summed E-state index contributed by atoms with van der Waals surface area (Å²) in [5.74, 6) is -1.47. The third-order valence-electron chi connectivity index (χ3n) is 5.17. The van der Waals surface area contributed by atoms with Gasteiger partial charge in [0, 0.05) is 4.90 Å². The van der Waals surface area contributed by atoms with Crippen LogP contribution < -0.4 is 5.32 Å². The Labute approximate surface area is 134 Å². The second kappa shape index (κ2) is 6.32. The van der Waals surface area contributed by atoms with Crippen molar-refractivity contribution in [2.75, 3.05) is 11.6 Å². The molecule has 22 heavy (non-hydrogen) atoms. The van der Waals surface area contributed by atoms with E-state index >= 15 is 0 Å². The van der Waals surface area contributed by atoms with Crippen LogP contribution in [0.25, 0.3) is 0 Å². The van der Waals surface area contributed by atoms with Gasteiger partial charge in [0.2, 0.25) is 5.91 Å². The van der Waals surface area contributed by atoms with Crippen molar-refractivity contribution in [3.63, 3.8) is 0 Å². The van der Waals surface area contributed by atoms with Gasteiger partial charge in [0.25, 0.3) is 0 Å². The second-order valence-corrected chi connectivity index (χ2v) is 7.10. The van der Waals surface area contributed by atoms with Crippen LogP contribution in [0.3, 0.4) is 0 Å². The lowest BCUT2D eigenvalue weighted by atomic mass is 9.58. The molecule has 0 radical (unpaired) electrons. The van der Waals surface area contributed by atoms with E-state index in [1.807, 2.05) is 30.5 Å². The number of hydrogen-bond acceptors (Lipinski definition) is 3. The van der Waals surface area contributed by atoms with Crippen LogP contribution in [-0.4, -0.2) is 23.2 Å². The van der Waals surface area contributed by atoms with Crippen molar-refractivity contribution in [2.24, 2.45) is 23.7 Å². The predicted molar refractivity (Wildman–Crippen MR) is 86.9 cm³/mol. The standard InChI is InChI=1S/C17H21NO3S/c1-22-13-5-3-2-4-12(13)18-16(19)14-10-6-8-11(9-7-10)15(14)17(20)21/h2-5,10-11,14-15H,6-9H2,1H3,(H,18,19)(H,20,21)/t10?,11?,14-,15-/m0/s1. The first-order valence-electron chi connectivity index (χ1n) is 7.78. The topological polar surface area (TPSA) is 66.4 Å². The largest absolute Gasteiger partial charge is 0.481 e. The summed E-state index contributed by atoms with van der Waals surface area (Å²) in [7, 11) is 0. The molecule has 0 aromatic heterocycles. The number of rotatable bonds is 4. The third-order valence-corrected chi connectivity index (χ3v) is 5.97. The number of carbonyl (C=O) groups excluding carboxylic acids is 1. The average Bonchev–Trinajstić information content (AvgIpc) is 2.55. The summed E-state index contributed by atoms with van der Waals surface area (Å²) in [6, 6.07) is 7.66. The number of hydrogen-bond donors (Lipinski definition) is 2. The number of fused-ring (bicyclic) bond motifs is 3. The number of nitrogens with one attached hydrogen (secondary N) is 1. The lowest BCUT2D eigenvalue weighted by Crippen LogP contribution is -2.49. The van der Waals surface area contributed by atoms with E-state index < -0.39 is 11.9 Å². The third kappa shape index (κ3) is 2.74. The highest BCUT2D eigenvalue weighted by molar-refractivity contribution is 7.98. The van der Waals surface area contributed by atoms with E-state index in [-0.39, 0.29) is 23.7 Å². The molecule has 2 atom stereocenters. The Bertz CT molecular complexity index is 581. The summed E-state index contributed by atoms with van der Waals surface area (Å²) >= 11 is 1.58. The van der Waals surface area contributed by atoms with Crippen LogP contribution in [-0.2, 0) is 9.59 Å². The minimum absolute atomic E-state index is 0.122. The Balaban J connectivity index is 1.82. The fourth-order valence-corrected chi connectivity index (χ4v) is 4.70. The molecule has 2 N–H and O–H groups in total. The molecule has 4 rings (SSSR count). The SMILES string of the molecule is CSc1ccccc1NC(=O)[C@H]1C2CCC(CC2)[C@@H]1C(=O)O. The molecular formula is C17H21NO3S. The van der Waals surface area contributed by atoms with Crippen LogP contribution in [0.1, 0.15) is 25.7 Å². The fraction of sp³-hybridized carbons (Fsp3) is 0.529. The highest BCUT2D eigenvalue weighted by atomic mass is 32.2. The highest BCUT2D eigenvalue weighted by Gasteiger charge is 2.50. The summed E-state index contributed by atoms with van der Waals surface area (Å²) in [4.78, 5) is 25.4. The minimum atomic E-state index is -0.812. The van der Waals surface area contributed by atoms with Crippen molar-refractivity contribution in [2.45, 2.75) is 30.6 Å². The smallest absolute Gasteiger partial charge is 0.307 e. The molecule has 3 aliphatic rings. The fourth-order valence-electron chi connectivity index (χ4n) is 4.15. The number of benzene rings is 1. The van der Waals surface area contributed by atoms with E-state index in [0.717, 1.165) is 36.3 Å². The Morgan fingerprint density at radius 2 is 1.68 bits per heavy atom. The quantitative estimate of drug-likeness (QED) is 0.834. The van der Waals surface area contributed by atoms with Gasteiger partial charge in [-0.25, -0.2) is 0 Å². The van der Waals surface area contributed by atoms with Gasteiger partial charge in [0.1, 0.15) is 0 Å². The van der Waals surface area contributed by atoms with Crippen LogP contribution in [0.4, 0.5) is 5.69 Å². The van der Waals surface area contributed by atoms with Crippen molar-refractivity contribution in [3.8, 4) is 0 Å². The van der Waals surface area contributed by atoms with Gasteiger partial charge in [-0.1, -0.05) is 12.1 Å². The monoisotopic (exact) mass is 319 g/mol. The van der Waals surface area contributed by atoms with Gasteiger partial charge in [0.15, 0.2) is 0 Å². The summed E-state index contributed by atoms with van der Waals surface area (Å²) < 4.78 is 0. The molecule has 1 aromatic rings. The minimum Gasteiger partial charge on any atom is -0.481 e. The molecule has 3 fully saturated rings. The zero-order chi connectivity index (χ0) is 15.7. The molecule has 0 heterocycles. The molecule has 5 heteroatoms. The van der Waals surface area contributed by atoms with Gasteiger partial charge in [-0.3, -0.25) is 9.59 Å². The Morgan fingerprint density at radius 3 is 2.27 bits per heavy atom. The Kier molecular flexibility index (Phi) is 4.43. The normalized spacial score (nSPS) is 30.0. The molecule has 0 aliphatic heterocycles. The second-order valence-electron chi connectivity index (χ2n) is 6.25. The van der Waals surface area contributed by atoms with E-state index in [4.69, 9.17) is 0 Å². The van der Waals surface area contributed by atoms with E-state index in [0.29, 0.717) is 0 Å². The van der Waals surface area contributed by atoms with Crippen molar-refractivity contribution in [1.29, 1.82) is 0 Å². The first-order chi connectivity index (χ1) is 10.6. The zero-order valence-corrected chi connectivity index (χ0v) is 13.4. The van der Waals surface area contributed by atoms with E-state index in [9.17, 15) is 14.7 Å².